The van der Waals surface area contributed by atoms with E-state index in [9.17, 15) is 4.79 Å². The highest BCUT2D eigenvalue weighted by Crippen LogP contribution is 2.15. The minimum Gasteiger partial charge on any atom is -0.379 e. The van der Waals surface area contributed by atoms with Crippen molar-refractivity contribution in [1.82, 2.24) is 15.1 Å². The largest absolute Gasteiger partial charge is 0.379 e. The smallest absolute Gasteiger partial charge is 0.317 e. The molecule has 0 spiro atoms. The minimum absolute atomic E-state index is 0.0316. The van der Waals surface area contributed by atoms with Gasteiger partial charge in [0.1, 0.15) is 0 Å². The van der Waals surface area contributed by atoms with Crippen molar-refractivity contribution in [2.45, 2.75) is 39.3 Å². The van der Waals surface area contributed by atoms with Crippen molar-refractivity contribution in [3.8, 4) is 0 Å². The lowest BCUT2D eigenvalue weighted by Gasteiger charge is -2.41. The van der Waals surface area contributed by atoms with Crippen LogP contribution in [0.3, 0.4) is 0 Å². The molecule has 0 radical (unpaired) electrons. The van der Waals surface area contributed by atoms with Gasteiger partial charge in [-0.3, -0.25) is 4.90 Å². The SMILES string of the molecule is CCc1ccc(CN(C)C(=O)NCC(C)(C)N2CCOCC2)cc1. The number of carbonyl (C=O) groups excluding carboxylic acids is 1. The van der Waals surface area contributed by atoms with Gasteiger partial charge in [0.15, 0.2) is 0 Å². The lowest BCUT2D eigenvalue weighted by atomic mass is 10.0. The third kappa shape index (κ3) is 5.21. The van der Waals surface area contributed by atoms with Crippen LogP contribution in [0.15, 0.2) is 24.3 Å². The fourth-order valence-corrected chi connectivity index (χ4v) is 2.93. The number of carbonyl (C=O) groups is 1. The van der Waals surface area contributed by atoms with Crippen molar-refractivity contribution in [1.29, 1.82) is 0 Å². The number of hydrogen-bond acceptors (Lipinski definition) is 3. The summed E-state index contributed by atoms with van der Waals surface area (Å²) < 4.78 is 5.40. The molecule has 1 aromatic rings. The van der Waals surface area contributed by atoms with Crippen molar-refractivity contribution in [3.63, 3.8) is 0 Å². The molecule has 1 aromatic carbocycles. The first-order chi connectivity index (χ1) is 11.4. The van der Waals surface area contributed by atoms with Gasteiger partial charge in [0.05, 0.1) is 13.2 Å². The molecule has 0 saturated carbocycles. The summed E-state index contributed by atoms with van der Waals surface area (Å²) in [6, 6.07) is 8.42. The van der Waals surface area contributed by atoms with Gasteiger partial charge in [0.2, 0.25) is 0 Å². The molecule has 5 heteroatoms. The molecule has 0 unspecified atom stereocenters. The normalized spacial score (nSPS) is 16.0. The Labute approximate surface area is 146 Å². The summed E-state index contributed by atoms with van der Waals surface area (Å²) in [4.78, 5) is 16.5. The summed E-state index contributed by atoms with van der Waals surface area (Å²) >= 11 is 0. The summed E-state index contributed by atoms with van der Waals surface area (Å²) in [5.41, 5.74) is 2.40. The number of ether oxygens (including phenoxy) is 1. The number of urea groups is 1. The number of benzene rings is 1. The molecule has 1 heterocycles. The van der Waals surface area contributed by atoms with E-state index in [1.54, 1.807) is 4.90 Å². The molecule has 0 aliphatic carbocycles. The van der Waals surface area contributed by atoms with Crippen LogP contribution in [-0.4, -0.2) is 61.3 Å². The molecule has 1 aliphatic rings. The van der Waals surface area contributed by atoms with Gasteiger partial charge < -0.3 is 15.0 Å². The van der Waals surface area contributed by atoms with E-state index in [1.165, 1.54) is 5.56 Å². The van der Waals surface area contributed by atoms with Crippen molar-refractivity contribution in [2.75, 3.05) is 39.9 Å². The van der Waals surface area contributed by atoms with E-state index in [-0.39, 0.29) is 11.6 Å². The predicted octanol–water partition coefficient (Wildman–Crippen LogP) is 2.50. The van der Waals surface area contributed by atoms with Crippen molar-refractivity contribution in [3.05, 3.63) is 35.4 Å². The Morgan fingerprint density at radius 1 is 1.21 bits per heavy atom. The highest BCUT2D eigenvalue weighted by Gasteiger charge is 2.28. The third-order valence-corrected chi connectivity index (χ3v) is 4.74. The Kier molecular flexibility index (Phi) is 6.63. The van der Waals surface area contributed by atoms with Gasteiger partial charge in [-0.15, -0.1) is 0 Å². The standard InChI is InChI=1S/C19H31N3O2/c1-5-16-6-8-17(9-7-16)14-21(4)18(23)20-15-19(2,3)22-10-12-24-13-11-22/h6-9H,5,10-15H2,1-4H3,(H,20,23). The zero-order valence-corrected chi connectivity index (χ0v) is 15.5. The Hall–Kier alpha value is -1.59. The zero-order valence-electron chi connectivity index (χ0n) is 15.5. The molecule has 134 valence electrons. The van der Waals surface area contributed by atoms with Gasteiger partial charge >= 0.3 is 6.03 Å². The highest BCUT2D eigenvalue weighted by molar-refractivity contribution is 5.73. The van der Waals surface area contributed by atoms with Crippen LogP contribution >= 0.6 is 0 Å². The zero-order chi connectivity index (χ0) is 17.6. The summed E-state index contributed by atoms with van der Waals surface area (Å²) in [5, 5.41) is 3.07. The maximum absolute atomic E-state index is 12.4. The van der Waals surface area contributed by atoms with Gasteiger partial charge in [0, 0.05) is 38.8 Å². The second kappa shape index (κ2) is 8.49. The number of aryl methyl sites for hydroxylation is 1. The topological polar surface area (TPSA) is 44.8 Å². The second-order valence-electron chi connectivity index (χ2n) is 7.10. The van der Waals surface area contributed by atoms with Crippen LogP contribution in [0.25, 0.3) is 0 Å². The molecule has 1 N–H and O–H groups in total. The first-order valence-electron chi connectivity index (χ1n) is 8.82. The summed E-state index contributed by atoms with van der Waals surface area (Å²) in [6.45, 7) is 11.1. The first kappa shape index (κ1) is 18.7. The van der Waals surface area contributed by atoms with Crippen LogP contribution in [0, 0.1) is 0 Å². The quantitative estimate of drug-likeness (QED) is 0.870. The molecular weight excluding hydrogens is 302 g/mol. The molecule has 0 bridgehead atoms. The average Bonchev–Trinajstić information content (AvgIpc) is 2.61. The van der Waals surface area contributed by atoms with E-state index in [0.29, 0.717) is 13.1 Å². The van der Waals surface area contributed by atoms with Crippen LogP contribution in [0.4, 0.5) is 4.79 Å². The number of rotatable bonds is 6. The van der Waals surface area contributed by atoms with E-state index in [2.05, 4.69) is 55.3 Å². The van der Waals surface area contributed by atoms with Crippen LogP contribution in [-0.2, 0) is 17.7 Å². The maximum Gasteiger partial charge on any atom is 0.317 e. The number of morpholine rings is 1. The van der Waals surface area contributed by atoms with Crippen molar-refractivity contribution in [2.24, 2.45) is 0 Å². The Morgan fingerprint density at radius 3 is 2.38 bits per heavy atom. The Morgan fingerprint density at radius 2 is 1.79 bits per heavy atom. The molecule has 2 rings (SSSR count). The first-order valence-corrected chi connectivity index (χ1v) is 8.82. The molecular formula is C19H31N3O2. The second-order valence-corrected chi connectivity index (χ2v) is 7.10. The Balaban J connectivity index is 1.81. The summed E-state index contributed by atoms with van der Waals surface area (Å²) in [5.74, 6) is 0. The van der Waals surface area contributed by atoms with Gasteiger partial charge in [-0.1, -0.05) is 31.2 Å². The molecule has 2 amide bonds. The fraction of sp³-hybridized carbons (Fsp3) is 0.632. The van der Waals surface area contributed by atoms with E-state index < -0.39 is 0 Å². The number of nitrogens with one attached hydrogen (secondary N) is 1. The van der Waals surface area contributed by atoms with Gasteiger partial charge in [-0.2, -0.15) is 0 Å². The van der Waals surface area contributed by atoms with Crippen molar-refractivity contribution < 1.29 is 9.53 Å². The molecule has 24 heavy (non-hydrogen) atoms. The van der Waals surface area contributed by atoms with Gasteiger partial charge in [-0.05, 0) is 31.4 Å². The number of hydrogen-bond donors (Lipinski definition) is 1. The van der Waals surface area contributed by atoms with Crippen LogP contribution in [0.1, 0.15) is 31.9 Å². The maximum atomic E-state index is 12.4. The average molecular weight is 333 g/mol. The number of nitrogens with zero attached hydrogens (tertiary/aromatic N) is 2. The Bertz CT molecular complexity index is 522. The molecule has 1 saturated heterocycles. The van der Waals surface area contributed by atoms with Gasteiger partial charge in [0.25, 0.3) is 0 Å². The minimum atomic E-state index is -0.0664. The monoisotopic (exact) mass is 333 g/mol. The lowest BCUT2D eigenvalue weighted by Crippen LogP contribution is -2.56. The van der Waals surface area contributed by atoms with Crippen LogP contribution in [0.5, 0.6) is 0 Å². The summed E-state index contributed by atoms with van der Waals surface area (Å²) in [7, 11) is 1.84. The van der Waals surface area contributed by atoms with E-state index in [4.69, 9.17) is 4.74 Å². The summed E-state index contributed by atoms with van der Waals surface area (Å²) in [6.07, 6.45) is 1.03. The molecule has 1 aliphatic heterocycles. The van der Waals surface area contributed by atoms with E-state index in [0.717, 1.165) is 38.3 Å². The third-order valence-electron chi connectivity index (χ3n) is 4.74. The molecule has 0 atom stereocenters. The molecule has 1 fully saturated rings. The van der Waals surface area contributed by atoms with Gasteiger partial charge in [-0.25, -0.2) is 4.79 Å². The molecule has 0 aromatic heterocycles. The van der Waals surface area contributed by atoms with Crippen LogP contribution in [0.2, 0.25) is 0 Å². The lowest BCUT2D eigenvalue weighted by molar-refractivity contribution is -0.00900. The van der Waals surface area contributed by atoms with Crippen LogP contribution < -0.4 is 5.32 Å². The van der Waals surface area contributed by atoms with E-state index in [1.807, 2.05) is 7.05 Å². The molecule has 5 nitrogen and oxygen atoms in total. The van der Waals surface area contributed by atoms with E-state index >= 15 is 0 Å². The van der Waals surface area contributed by atoms with Crippen molar-refractivity contribution >= 4 is 6.03 Å². The highest BCUT2D eigenvalue weighted by atomic mass is 16.5. The predicted molar refractivity (Wildman–Crippen MR) is 97.2 cm³/mol. The fourth-order valence-electron chi connectivity index (χ4n) is 2.93. The number of amides is 2.